The predicted molar refractivity (Wildman–Crippen MR) is 616 cm³/mol. The second-order valence-electron chi connectivity index (χ2n) is 37.8. The van der Waals surface area contributed by atoms with E-state index in [1.54, 1.807) is 0 Å². The van der Waals surface area contributed by atoms with Gasteiger partial charge in [0.2, 0.25) is 0 Å². The zero-order chi connectivity index (χ0) is 96.9. The number of rotatable bonds is 12. The zero-order valence-electron chi connectivity index (χ0n) is 79.8. The van der Waals surface area contributed by atoms with E-state index in [-0.39, 0.29) is 0 Å². The van der Waals surface area contributed by atoms with Gasteiger partial charge in [-0.2, -0.15) is 0 Å². The molecule has 0 unspecified atom stereocenters. The van der Waals surface area contributed by atoms with Gasteiger partial charge < -0.3 is 13.7 Å². The molecule has 0 fully saturated rings. The minimum atomic E-state index is 0.711. The largest absolute Gasteiger partial charge is 0.309 e. The molecule has 9 heteroatoms. The molecular formula is C138H87N9. The molecule has 0 amide bonds. The van der Waals surface area contributed by atoms with Crippen molar-refractivity contribution in [2.75, 3.05) is 0 Å². The summed E-state index contributed by atoms with van der Waals surface area (Å²) in [6.45, 7) is 0. The van der Waals surface area contributed by atoms with Crippen LogP contribution in [0.3, 0.4) is 0 Å². The molecular weight excluding hydrogens is 1780 g/mol. The van der Waals surface area contributed by atoms with Gasteiger partial charge in [-0.15, -0.1) is 0 Å². The fourth-order valence-electron chi connectivity index (χ4n) is 22.6. The summed E-state index contributed by atoms with van der Waals surface area (Å²) in [4.78, 5) is 30.6. The van der Waals surface area contributed by atoms with E-state index in [9.17, 15) is 0 Å². The lowest BCUT2D eigenvalue weighted by Gasteiger charge is -2.14. The van der Waals surface area contributed by atoms with Crippen LogP contribution in [0, 0.1) is 0 Å². The molecule has 6 heterocycles. The minimum absolute atomic E-state index is 0.711. The van der Waals surface area contributed by atoms with Crippen LogP contribution >= 0.6 is 0 Å². The molecule has 684 valence electrons. The van der Waals surface area contributed by atoms with Crippen LogP contribution in [-0.4, -0.2) is 43.6 Å². The van der Waals surface area contributed by atoms with Crippen molar-refractivity contribution in [2.24, 2.45) is 0 Å². The summed E-state index contributed by atoms with van der Waals surface area (Å²) in [5.74, 6) is 2.13. The molecule has 0 spiro atoms. The Hall–Kier alpha value is -19.7. The predicted octanol–water partition coefficient (Wildman–Crippen LogP) is 36.1. The number of aromatic nitrogens is 9. The minimum Gasteiger partial charge on any atom is -0.309 e. The summed E-state index contributed by atoms with van der Waals surface area (Å²) in [7, 11) is 0. The van der Waals surface area contributed by atoms with Gasteiger partial charge in [-0.05, 0) is 148 Å². The Balaban J connectivity index is 0.000000107. The van der Waals surface area contributed by atoms with Crippen molar-refractivity contribution in [3.63, 3.8) is 0 Å². The lowest BCUT2D eigenvalue weighted by molar-refractivity contribution is 1.17. The Morgan fingerprint density at radius 2 is 0.388 bits per heavy atom. The Kier molecular flexibility index (Phi) is 20.8. The van der Waals surface area contributed by atoms with Crippen LogP contribution < -0.4 is 0 Å². The van der Waals surface area contributed by atoms with Gasteiger partial charge >= 0.3 is 0 Å². The second kappa shape index (κ2) is 35.8. The number of hydrogen-bond acceptors (Lipinski definition) is 6. The van der Waals surface area contributed by atoms with Crippen LogP contribution in [-0.2, 0) is 0 Å². The van der Waals surface area contributed by atoms with Gasteiger partial charge in [-0.25, -0.2) is 29.9 Å². The summed E-state index contributed by atoms with van der Waals surface area (Å²) in [6.07, 6.45) is 0. The third kappa shape index (κ3) is 14.8. The molecule has 30 aromatic rings. The van der Waals surface area contributed by atoms with Crippen LogP contribution in [0.15, 0.2) is 528 Å². The monoisotopic (exact) mass is 1870 g/mol. The van der Waals surface area contributed by atoms with Crippen LogP contribution in [0.2, 0.25) is 0 Å². The fraction of sp³-hybridized carbons (Fsp3) is 0. The molecule has 0 aliphatic carbocycles. The molecule has 0 bridgehead atoms. The van der Waals surface area contributed by atoms with Crippen molar-refractivity contribution in [3.8, 4) is 119 Å². The highest BCUT2D eigenvalue weighted by atomic mass is 15.0. The molecule has 9 nitrogen and oxygen atoms in total. The first-order chi connectivity index (χ1) is 72.9. The summed E-state index contributed by atoms with van der Waals surface area (Å²) in [6, 6.07) is 188. The summed E-state index contributed by atoms with van der Waals surface area (Å²) >= 11 is 0. The van der Waals surface area contributed by atoms with E-state index in [4.69, 9.17) is 29.9 Å². The highest BCUT2D eigenvalue weighted by Gasteiger charge is 2.27. The topological polar surface area (TPSA) is 92.1 Å². The molecule has 6 aromatic heterocycles. The first kappa shape index (κ1) is 85.3. The van der Waals surface area contributed by atoms with Crippen LogP contribution in [0.1, 0.15) is 0 Å². The molecule has 0 atom stereocenters. The molecule has 0 aliphatic rings. The van der Waals surface area contributed by atoms with Crippen molar-refractivity contribution in [2.45, 2.75) is 0 Å². The molecule has 30 rings (SSSR count). The van der Waals surface area contributed by atoms with E-state index in [1.165, 1.54) is 162 Å². The van der Waals surface area contributed by atoms with Gasteiger partial charge in [0.1, 0.15) is 0 Å². The van der Waals surface area contributed by atoms with Crippen molar-refractivity contribution < 1.29 is 0 Å². The number of benzene rings is 24. The third-order valence-electron chi connectivity index (χ3n) is 29.2. The highest BCUT2D eigenvalue weighted by Crippen LogP contribution is 2.50. The van der Waals surface area contributed by atoms with Crippen LogP contribution in [0.4, 0.5) is 0 Å². The summed E-state index contributed by atoms with van der Waals surface area (Å²) in [5, 5.41) is 30.1. The molecule has 147 heavy (non-hydrogen) atoms. The first-order valence-electron chi connectivity index (χ1n) is 50.0. The van der Waals surface area contributed by atoms with Gasteiger partial charge in [-0.1, -0.05) is 455 Å². The molecule has 0 N–H and O–H groups in total. The average Bonchev–Trinajstić information content (AvgIpc) is 1.36. The van der Waals surface area contributed by atoms with Gasteiger partial charge in [-0.3, -0.25) is 0 Å². The van der Waals surface area contributed by atoms with Gasteiger partial charge in [0.15, 0.2) is 17.5 Å². The van der Waals surface area contributed by atoms with Crippen molar-refractivity contribution in [1.82, 2.24) is 43.6 Å². The van der Waals surface area contributed by atoms with E-state index in [2.05, 4.69) is 469 Å². The van der Waals surface area contributed by atoms with E-state index >= 15 is 0 Å². The SMILES string of the molecule is c1ccc(-c2cc(-c3cccc(-n4c5c6ccccc6ccc5c5c6ccccc6c6ccccc6c54)c3)nc(-c3ccccc3)n2)cc1.c1ccc(-c2cc(-c3cccc(-n4c5cc6ccccc6cc5c5c6ccccc6c6ccccc6c54)c3)nc(-c3ccccc3)n2)cc1.c1ccc(-c2cc(-c3cccc(-n4c5ccc6ccccc6c5c5c6ccccc6c6ccccc6c54)c3)nc(-c3ccccc3)n2)cc1. The maximum absolute atomic E-state index is 5.17. The Labute approximate surface area is 846 Å². The summed E-state index contributed by atoms with van der Waals surface area (Å²) < 4.78 is 7.42. The quantitative estimate of drug-likeness (QED) is 0.113. The summed E-state index contributed by atoms with van der Waals surface area (Å²) in [5.41, 5.74) is 25.1. The molecule has 0 saturated heterocycles. The lowest BCUT2D eigenvalue weighted by atomic mass is 9.95. The van der Waals surface area contributed by atoms with E-state index < -0.39 is 0 Å². The van der Waals surface area contributed by atoms with Crippen LogP contribution in [0.25, 0.3) is 281 Å². The molecule has 0 aliphatic heterocycles. The first-order valence-corrected chi connectivity index (χ1v) is 50.0. The van der Waals surface area contributed by atoms with Crippen LogP contribution in [0.5, 0.6) is 0 Å². The Morgan fingerprint density at radius 1 is 0.122 bits per heavy atom. The number of nitrogens with zero attached hydrogens (tertiary/aromatic N) is 9. The molecule has 0 saturated carbocycles. The van der Waals surface area contributed by atoms with Crippen molar-refractivity contribution in [3.05, 3.63) is 528 Å². The highest BCUT2D eigenvalue weighted by molar-refractivity contribution is 6.38. The van der Waals surface area contributed by atoms with Gasteiger partial charge in [0.25, 0.3) is 0 Å². The normalized spacial score (nSPS) is 11.7. The van der Waals surface area contributed by atoms with Crippen molar-refractivity contribution in [1.29, 1.82) is 0 Å². The number of hydrogen-bond donors (Lipinski definition) is 0. The van der Waals surface area contributed by atoms with Crippen molar-refractivity contribution >= 4 is 162 Å². The molecule has 0 radical (unpaired) electrons. The van der Waals surface area contributed by atoms with Gasteiger partial charge in [0.05, 0.1) is 67.3 Å². The lowest BCUT2D eigenvalue weighted by Crippen LogP contribution is -1.98. The number of fused-ring (bicyclic) bond motifs is 29. The second-order valence-corrected chi connectivity index (χ2v) is 37.8. The smallest absolute Gasteiger partial charge is 0.160 e. The standard InChI is InChI=1S/3C46H29N3/c1-3-15-31(16-4-1)40-29-41(48-46(47-40)32-17-5-2-6-18-32)33-19-13-20-34(28-33)49-42-27-26-30-14-7-8-21-35(30)43(42)44-38-24-11-9-22-36(38)37-23-10-12-25-39(37)45(44)49;1-3-15-31(16-4-1)41-29-42(48-46(47-41)32-17-5-2-6-18-32)33-19-13-20-34(28-33)49-44-35-21-8-7-14-30(35)26-27-40(44)43-38-24-11-9-22-36(38)37-23-10-12-25-39(37)45(43)49;1-3-14-30(15-4-1)41-29-42(48-46(47-41)31-16-5-2-6-17-31)34-20-13-21-35(26-34)49-43-28-33-19-8-7-18-32(33)27-40(43)44-38-24-11-9-22-36(38)37-23-10-12-25-39(37)45(44)49/h3*1-29H. The molecule has 24 aromatic carbocycles. The third-order valence-corrected chi connectivity index (χ3v) is 29.2. The van der Waals surface area contributed by atoms with E-state index in [0.717, 1.165) is 101 Å². The fourth-order valence-corrected chi connectivity index (χ4v) is 22.6. The average molecular weight is 1870 g/mol. The van der Waals surface area contributed by atoms with Gasteiger partial charge in [0, 0.05) is 121 Å². The zero-order valence-corrected chi connectivity index (χ0v) is 79.8. The Bertz CT molecular complexity index is 10100. The Morgan fingerprint density at radius 3 is 0.789 bits per heavy atom. The van der Waals surface area contributed by atoms with E-state index in [1.807, 2.05) is 72.8 Å². The van der Waals surface area contributed by atoms with E-state index in [0.29, 0.717) is 17.5 Å². The maximum Gasteiger partial charge on any atom is 0.160 e. The maximum atomic E-state index is 5.17.